The zero-order valence-electron chi connectivity index (χ0n) is 9.48. The van der Waals surface area contributed by atoms with E-state index >= 15 is 0 Å². The molecular weight excluding hydrogens is 277 g/mol. The van der Waals surface area contributed by atoms with E-state index in [4.69, 9.17) is 4.74 Å². The van der Waals surface area contributed by atoms with Crippen molar-refractivity contribution < 1.29 is 33.2 Å². The van der Waals surface area contributed by atoms with Gasteiger partial charge in [-0.3, -0.25) is 0 Å². The Morgan fingerprint density at radius 1 is 0.923 bits per heavy atom. The summed E-state index contributed by atoms with van der Waals surface area (Å²) in [6, 6.07) is 0. The van der Waals surface area contributed by atoms with Crippen LogP contribution in [0.15, 0.2) is 0 Å². The maximum Gasteiger partial charge on any atom is 0.102 e. The van der Waals surface area contributed by atoms with Crippen LogP contribution in [0.5, 0.6) is 0 Å². The molecule has 0 spiro atoms. The Balaban J connectivity index is 0. The largest absolute Gasteiger partial charge is 1.00 e. The molecule has 0 unspecified atom stereocenters. The van der Waals surface area contributed by atoms with Crippen molar-refractivity contribution in [3.63, 3.8) is 0 Å². The van der Waals surface area contributed by atoms with E-state index in [0.717, 1.165) is 19.8 Å². The molecule has 0 aromatic heterocycles. The lowest BCUT2D eigenvalue weighted by atomic mass is 10.3. The summed E-state index contributed by atoms with van der Waals surface area (Å²) in [4.78, 5) is 0. The zero-order chi connectivity index (χ0) is 9.45. The van der Waals surface area contributed by atoms with E-state index in [1.807, 2.05) is 0 Å². The van der Waals surface area contributed by atoms with Crippen molar-refractivity contribution in [3.05, 3.63) is 0 Å². The number of quaternary nitrogens is 1. The highest BCUT2D eigenvalue weighted by molar-refractivity contribution is 4.37. The second kappa shape index (κ2) is 9.21. The summed E-state index contributed by atoms with van der Waals surface area (Å²) in [6.07, 6.45) is 0. The van der Waals surface area contributed by atoms with Gasteiger partial charge in [0.05, 0.1) is 26.2 Å². The van der Waals surface area contributed by atoms with Gasteiger partial charge in [0.2, 0.25) is 0 Å². The van der Waals surface area contributed by atoms with Crippen molar-refractivity contribution in [1.82, 2.24) is 0 Å². The molecule has 0 radical (unpaired) electrons. The molecule has 0 aliphatic heterocycles. The first kappa shape index (κ1) is 16.1. The van der Waals surface area contributed by atoms with Gasteiger partial charge in [-0.1, -0.05) is 0 Å². The van der Waals surface area contributed by atoms with Gasteiger partial charge in [0.25, 0.3) is 0 Å². The number of hydrogen-bond donors (Lipinski definition) is 0. The van der Waals surface area contributed by atoms with Gasteiger partial charge in [-0.25, -0.2) is 0 Å². The normalized spacial score (nSPS) is 11.1. The third-order valence-corrected chi connectivity index (χ3v) is 2.93. The quantitative estimate of drug-likeness (QED) is 0.330. The maximum absolute atomic E-state index is 5.38. The molecular formula is C10H24INO. The Kier molecular flexibility index (Phi) is 11.4. The average Bonchev–Trinajstić information content (AvgIpc) is 2.14. The molecule has 0 bridgehead atoms. The Hall–Kier alpha value is 0.650. The van der Waals surface area contributed by atoms with Gasteiger partial charge in [-0.15, -0.1) is 0 Å². The fraction of sp³-hybridized carbons (Fsp3) is 1.00. The summed E-state index contributed by atoms with van der Waals surface area (Å²) in [5, 5.41) is 0. The fourth-order valence-corrected chi connectivity index (χ4v) is 1.55. The molecule has 0 aliphatic rings. The molecule has 0 saturated heterocycles. The van der Waals surface area contributed by atoms with Crippen molar-refractivity contribution in [2.45, 2.75) is 27.7 Å². The highest BCUT2D eigenvalue weighted by Gasteiger charge is 2.19. The molecule has 3 heteroatoms. The monoisotopic (exact) mass is 301 g/mol. The van der Waals surface area contributed by atoms with Gasteiger partial charge in [0.1, 0.15) is 6.54 Å². The summed E-state index contributed by atoms with van der Waals surface area (Å²) in [5.41, 5.74) is 0. The Labute approximate surface area is 100 Å². The standard InChI is InChI=1S/C10H24NO.HI/c1-5-11(6-2,7-3)9-10-12-8-4;/h5-10H2,1-4H3;1H/q+1;/p-1. The second-order valence-electron chi connectivity index (χ2n) is 3.21. The number of halogens is 1. The van der Waals surface area contributed by atoms with Crippen LogP contribution in [-0.4, -0.2) is 43.9 Å². The number of ether oxygens (including phenoxy) is 1. The first-order chi connectivity index (χ1) is 5.74. The third kappa shape index (κ3) is 5.86. The number of hydrogen-bond acceptors (Lipinski definition) is 1. The Morgan fingerprint density at radius 2 is 1.38 bits per heavy atom. The minimum atomic E-state index is 0. The molecule has 13 heavy (non-hydrogen) atoms. The topological polar surface area (TPSA) is 9.23 Å². The van der Waals surface area contributed by atoms with E-state index < -0.39 is 0 Å². The first-order valence-electron chi connectivity index (χ1n) is 5.17. The lowest BCUT2D eigenvalue weighted by Gasteiger charge is -2.35. The molecule has 0 aromatic carbocycles. The molecule has 0 aliphatic carbocycles. The van der Waals surface area contributed by atoms with E-state index in [-0.39, 0.29) is 24.0 Å². The molecule has 0 rings (SSSR count). The number of likely N-dealkylation sites (N-methyl/N-ethyl adjacent to an activating group) is 1. The Bertz CT molecular complexity index is 96.8. The summed E-state index contributed by atoms with van der Waals surface area (Å²) in [5.74, 6) is 0. The lowest BCUT2D eigenvalue weighted by Crippen LogP contribution is -3.00. The molecule has 82 valence electrons. The van der Waals surface area contributed by atoms with Crippen molar-refractivity contribution in [2.75, 3.05) is 39.4 Å². The zero-order valence-corrected chi connectivity index (χ0v) is 11.6. The minimum absolute atomic E-state index is 0. The van der Waals surface area contributed by atoms with Crippen LogP contribution in [-0.2, 0) is 4.74 Å². The SMILES string of the molecule is CCOCC[N+](CC)(CC)CC.[I-]. The maximum atomic E-state index is 5.38. The van der Waals surface area contributed by atoms with Crippen LogP contribution >= 0.6 is 0 Å². The highest BCUT2D eigenvalue weighted by atomic mass is 127. The van der Waals surface area contributed by atoms with E-state index in [9.17, 15) is 0 Å². The molecule has 0 aromatic rings. The second-order valence-corrected chi connectivity index (χ2v) is 3.21. The smallest absolute Gasteiger partial charge is 0.102 e. The van der Waals surface area contributed by atoms with Crippen molar-refractivity contribution in [2.24, 2.45) is 0 Å². The van der Waals surface area contributed by atoms with Gasteiger partial charge < -0.3 is 33.2 Å². The fourth-order valence-electron chi connectivity index (χ4n) is 1.55. The minimum Gasteiger partial charge on any atom is -1.00 e. The number of rotatable bonds is 7. The van der Waals surface area contributed by atoms with E-state index in [1.165, 1.54) is 24.1 Å². The van der Waals surface area contributed by atoms with Crippen LogP contribution in [0.2, 0.25) is 0 Å². The number of nitrogens with zero attached hydrogens (tertiary/aromatic N) is 1. The summed E-state index contributed by atoms with van der Waals surface area (Å²) < 4.78 is 6.57. The van der Waals surface area contributed by atoms with E-state index in [2.05, 4.69) is 27.7 Å². The van der Waals surface area contributed by atoms with Crippen LogP contribution < -0.4 is 24.0 Å². The average molecular weight is 301 g/mol. The molecule has 2 nitrogen and oxygen atoms in total. The van der Waals surface area contributed by atoms with Crippen molar-refractivity contribution >= 4 is 0 Å². The van der Waals surface area contributed by atoms with Crippen LogP contribution in [0, 0.1) is 0 Å². The molecule has 0 amide bonds. The molecule has 0 saturated carbocycles. The first-order valence-corrected chi connectivity index (χ1v) is 5.17. The predicted molar refractivity (Wildman–Crippen MR) is 53.2 cm³/mol. The van der Waals surface area contributed by atoms with Gasteiger partial charge >= 0.3 is 0 Å². The van der Waals surface area contributed by atoms with Gasteiger partial charge in [0, 0.05) is 6.61 Å². The molecule has 0 heterocycles. The van der Waals surface area contributed by atoms with Gasteiger partial charge in [0.15, 0.2) is 0 Å². The van der Waals surface area contributed by atoms with Crippen molar-refractivity contribution in [3.8, 4) is 0 Å². The van der Waals surface area contributed by atoms with Crippen LogP contribution in [0.3, 0.4) is 0 Å². The van der Waals surface area contributed by atoms with Gasteiger partial charge in [-0.2, -0.15) is 0 Å². The van der Waals surface area contributed by atoms with Crippen LogP contribution in [0.1, 0.15) is 27.7 Å². The van der Waals surface area contributed by atoms with E-state index in [1.54, 1.807) is 0 Å². The molecule has 0 fully saturated rings. The van der Waals surface area contributed by atoms with Crippen molar-refractivity contribution in [1.29, 1.82) is 0 Å². The Morgan fingerprint density at radius 3 is 1.69 bits per heavy atom. The summed E-state index contributed by atoms with van der Waals surface area (Å²) in [7, 11) is 0. The van der Waals surface area contributed by atoms with Gasteiger partial charge in [-0.05, 0) is 27.7 Å². The summed E-state index contributed by atoms with van der Waals surface area (Å²) >= 11 is 0. The van der Waals surface area contributed by atoms with Crippen LogP contribution in [0.4, 0.5) is 0 Å². The van der Waals surface area contributed by atoms with E-state index in [0.29, 0.717) is 0 Å². The highest BCUT2D eigenvalue weighted by Crippen LogP contribution is 2.04. The third-order valence-electron chi connectivity index (χ3n) is 2.93. The molecule has 0 N–H and O–H groups in total. The molecule has 0 atom stereocenters. The predicted octanol–water partition coefficient (Wildman–Crippen LogP) is -1.10. The summed E-state index contributed by atoms with van der Waals surface area (Å²) in [6.45, 7) is 15.4. The lowest BCUT2D eigenvalue weighted by molar-refractivity contribution is -0.923. The van der Waals surface area contributed by atoms with Crippen LogP contribution in [0.25, 0.3) is 0 Å².